The second-order valence-corrected chi connectivity index (χ2v) is 4.98. The zero-order valence-electron chi connectivity index (χ0n) is 10.4. The van der Waals surface area contributed by atoms with Gasteiger partial charge in [-0.25, -0.2) is 0 Å². The summed E-state index contributed by atoms with van der Waals surface area (Å²) in [5.74, 6) is 1.60. The minimum atomic E-state index is 0.788. The predicted octanol–water partition coefficient (Wildman–Crippen LogP) is 2.34. The molecule has 0 aliphatic rings. The maximum Gasteiger partial charge on any atom is 0.000398 e. The second-order valence-electron chi connectivity index (χ2n) is 4.98. The van der Waals surface area contributed by atoms with Crippen molar-refractivity contribution in [3.63, 3.8) is 0 Å². The average molecular weight is 200 g/mol. The molecule has 0 rings (SSSR count). The summed E-state index contributed by atoms with van der Waals surface area (Å²) in [4.78, 5) is 2.45. The highest BCUT2D eigenvalue weighted by Gasteiger charge is 2.06. The molecule has 0 radical (unpaired) electrons. The summed E-state index contributed by atoms with van der Waals surface area (Å²) in [5.41, 5.74) is 5.49. The highest BCUT2D eigenvalue weighted by Crippen LogP contribution is 2.08. The fourth-order valence-electron chi connectivity index (χ4n) is 1.66. The Morgan fingerprint density at radius 3 is 2.29 bits per heavy atom. The van der Waals surface area contributed by atoms with Crippen molar-refractivity contribution in [3.05, 3.63) is 0 Å². The van der Waals surface area contributed by atoms with Gasteiger partial charge in [0.1, 0.15) is 0 Å². The van der Waals surface area contributed by atoms with Gasteiger partial charge in [-0.3, -0.25) is 0 Å². The molecule has 0 aliphatic carbocycles. The van der Waals surface area contributed by atoms with Gasteiger partial charge < -0.3 is 10.6 Å². The fourth-order valence-corrected chi connectivity index (χ4v) is 1.66. The van der Waals surface area contributed by atoms with Gasteiger partial charge >= 0.3 is 0 Å². The third-order valence-electron chi connectivity index (χ3n) is 2.61. The Balaban J connectivity index is 3.44. The highest BCUT2D eigenvalue weighted by atomic mass is 15.1. The zero-order valence-corrected chi connectivity index (χ0v) is 10.4. The first-order chi connectivity index (χ1) is 6.56. The molecule has 14 heavy (non-hydrogen) atoms. The lowest BCUT2D eigenvalue weighted by Gasteiger charge is -2.21. The van der Waals surface area contributed by atoms with E-state index >= 15 is 0 Å². The third kappa shape index (κ3) is 8.52. The van der Waals surface area contributed by atoms with Crippen LogP contribution in [0, 0.1) is 11.8 Å². The van der Waals surface area contributed by atoms with Crippen molar-refractivity contribution in [3.8, 4) is 0 Å². The Morgan fingerprint density at radius 1 is 1.14 bits per heavy atom. The lowest BCUT2D eigenvalue weighted by molar-refractivity contribution is 0.262. The van der Waals surface area contributed by atoms with Crippen molar-refractivity contribution < 1.29 is 0 Å². The van der Waals surface area contributed by atoms with Crippen LogP contribution in [-0.4, -0.2) is 31.6 Å². The van der Waals surface area contributed by atoms with Gasteiger partial charge in [-0.1, -0.05) is 20.8 Å². The van der Waals surface area contributed by atoms with E-state index in [-0.39, 0.29) is 0 Å². The molecule has 0 saturated heterocycles. The first kappa shape index (κ1) is 13.9. The normalized spacial score (nSPS) is 13.9. The van der Waals surface area contributed by atoms with Crippen molar-refractivity contribution in [1.82, 2.24) is 4.90 Å². The Bertz CT molecular complexity index is 123. The molecule has 0 aromatic rings. The van der Waals surface area contributed by atoms with Gasteiger partial charge in [-0.15, -0.1) is 0 Å². The van der Waals surface area contributed by atoms with E-state index in [1.165, 1.54) is 32.4 Å². The molecule has 0 saturated carbocycles. The second kappa shape index (κ2) is 8.25. The third-order valence-corrected chi connectivity index (χ3v) is 2.61. The first-order valence-electron chi connectivity index (χ1n) is 5.94. The molecule has 2 heteroatoms. The minimum absolute atomic E-state index is 0.788. The highest BCUT2D eigenvalue weighted by molar-refractivity contribution is 4.60. The average Bonchev–Trinajstić information content (AvgIpc) is 2.11. The van der Waals surface area contributed by atoms with Crippen LogP contribution in [0.15, 0.2) is 0 Å². The van der Waals surface area contributed by atoms with Crippen molar-refractivity contribution in [2.75, 3.05) is 26.7 Å². The zero-order chi connectivity index (χ0) is 11.0. The molecule has 2 nitrogen and oxygen atoms in total. The summed E-state index contributed by atoms with van der Waals surface area (Å²) in [5, 5.41) is 0. The Hall–Kier alpha value is -0.0800. The number of nitrogens with zero attached hydrogens (tertiary/aromatic N) is 1. The molecule has 1 atom stereocenters. The number of rotatable bonds is 8. The molecule has 0 aromatic carbocycles. The molecule has 0 spiro atoms. The molecule has 0 heterocycles. The van der Waals surface area contributed by atoms with Gasteiger partial charge in [0.2, 0.25) is 0 Å². The Morgan fingerprint density at radius 2 is 1.79 bits per heavy atom. The van der Waals surface area contributed by atoms with E-state index in [0.29, 0.717) is 0 Å². The van der Waals surface area contributed by atoms with E-state index in [1.54, 1.807) is 0 Å². The van der Waals surface area contributed by atoms with Crippen LogP contribution in [0.4, 0.5) is 0 Å². The molecule has 0 amide bonds. The van der Waals surface area contributed by atoms with E-state index in [1.807, 2.05) is 0 Å². The number of hydrogen-bond donors (Lipinski definition) is 1. The standard InChI is InChI=1S/C12H28N2/c1-11(2)7-9-14(4)10-12(3)6-5-8-13/h11-12H,5-10,13H2,1-4H3. The Labute approximate surface area is 89.9 Å². The molecule has 0 fully saturated rings. The maximum absolute atomic E-state index is 5.49. The van der Waals surface area contributed by atoms with Gasteiger partial charge in [-0.2, -0.15) is 0 Å². The van der Waals surface area contributed by atoms with Crippen LogP contribution < -0.4 is 5.73 Å². The summed E-state index contributed by atoms with van der Waals surface area (Å²) in [6.45, 7) is 10.2. The first-order valence-corrected chi connectivity index (χ1v) is 5.94. The van der Waals surface area contributed by atoms with Crippen molar-refractivity contribution in [2.24, 2.45) is 17.6 Å². The molecule has 0 bridgehead atoms. The molecule has 2 N–H and O–H groups in total. The smallest absolute Gasteiger partial charge is 0.000398 e. The maximum atomic E-state index is 5.49. The fraction of sp³-hybridized carbons (Fsp3) is 1.00. The van der Waals surface area contributed by atoms with Crippen LogP contribution in [0.1, 0.15) is 40.0 Å². The lowest BCUT2D eigenvalue weighted by Crippen LogP contribution is -2.26. The van der Waals surface area contributed by atoms with Gasteiger partial charge in [0.15, 0.2) is 0 Å². The summed E-state index contributed by atoms with van der Waals surface area (Å²) in [6.07, 6.45) is 3.74. The van der Waals surface area contributed by atoms with Crippen LogP contribution in [0.2, 0.25) is 0 Å². The quantitative estimate of drug-likeness (QED) is 0.651. The van der Waals surface area contributed by atoms with Crippen molar-refractivity contribution >= 4 is 0 Å². The van der Waals surface area contributed by atoms with Gasteiger partial charge in [0, 0.05) is 6.54 Å². The van der Waals surface area contributed by atoms with Crippen LogP contribution in [0.25, 0.3) is 0 Å². The van der Waals surface area contributed by atoms with E-state index in [0.717, 1.165) is 18.4 Å². The van der Waals surface area contributed by atoms with E-state index in [2.05, 4.69) is 32.7 Å². The number of hydrogen-bond acceptors (Lipinski definition) is 2. The van der Waals surface area contributed by atoms with Crippen LogP contribution in [0.5, 0.6) is 0 Å². The molecule has 0 aliphatic heterocycles. The van der Waals surface area contributed by atoms with Gasteiger partial charge in [-0.05, 0) is 51.2 Å². The largest absolute Gasteiger partial charge is 0.330 e. The van der Waals surface area contributed by atoms with Crippen LogP contribution in [0.3, 0.4) is 0 Å². The van der Waals surface area contributed by atoms with Gasteiger partial charge in [0.05, 0.1) is 0 Å². The summed E-state index contributed by atoms with van der Waals surface area (Å²) in [6, 6.07) is 0. The predicted molar refractivity (Wildman–Crippen MR) is 64.4 cm³/mol. The van der Waals surface area contributed by atoms with E-state index in [4.69, 9.17) is 5.73 Å². The monoisotopic (exact) mass is 200 g/mol. The summed E-state index contributed by atoms with van der Waals surface area (Å²) in [7, 11) is 2.22. The lowest BCUT2D eigenvalue weighted by atomic mass is 10.0. The van der Waals surface area contributed by atoms with Crippen LogP contribution >= 0.6 is 0 Å². The summed E-state index contributed by atoms with van der Waals surface area (Å²) >= 11 is 0. The minimum Gasteiger partial charge on any atom is -0.330 e. The topological polar surface area (TPSA) is 29.3 Å². The molecule has 1 unspecified atom stereocenters. The van der Waals surface area contributed by atoms with Crippen LogP contribution in [-0.2, 0) is 0 Å². The van der Waals surface area contributed by atoms with Gasteiger partial charge in [0.25, 0.3) is 0 Å². The molecular formula is C12H28N2. The van der Waals surface area contributed by atoms with E-state index in [9.17, 15) is 0 Å². The summed E-state index contributed by atoms with van der Waals surface area (Å²) < 4.78 is 0. The van der Waals surface area contributed by atoms with Crippen molar-refractivity contribution in [2.45, 2.75) is 40.0 Å². The molecule has 86 valence electrons. The van der Waals surface area contributed by atoms with Crippen molar-refractivity contribution in [1.29, 1.82) is 0 Å². The number of nitrogens with two attached hydrogens (primary N) is 1. The Kier molecular flexibility index (Phi) is 8.20. The molecular weight excluding hydrogens is 172 g/mol. The van der Waals surface area contributed by atoms with E-state index < -0.39 is 0 Å². The SMILES string of the molecule is CC(C)CCN(C)CC(C)CCCN. The molecule has 0 aromatic heterocycles.